The zero-order valence-corrected chi connectivity index (χ0v) is 12.4. The third kappa shape index (κ3) is 3.40. The van der Waals surface area contributed by atoms with Crippen molar-refractivity contribution in [3.05, 3.63) is 58.9 Å². The first-order chi connectivity index (χ1) is 9.88. The molecule has 0 saturated heterocycles. The smallest absolute Gasteiger partial charge is 0.166 e. The summed E-state index contributed by atoms with van der Waals surface area (Å²) >= 11 is 0. The molecule has 0 saturated carbocycles. The predicted octanol–water partition coefficient (Wildman–Crippen LogP) is 4.33. The molecule has 0 bridgehead atoms. The molecule has 2 aromatic rings. The largest absolute Gasteiger partial charge is 0.454 e. The van der Waals surface area contributed by atoms with Gasteiger partial charge in [-0.05, 0) is 48.2 Å². The summed E-state index contributed by atoms with van der Waals surface area (Å²) in [5.41, 5.74) is 7.75. The number of hydrogen-bond donors (Lipinski definition) is 2. The van der Waals surface area contributed by atoms with Crippen molar-refractivity contribution in [2.24, 2.45) is 5.73 Å². The number of hydrogen-bond acceptors (Lipinski definition) is 2. The fourth-order valence-corrected chi connectivity index (χ4v) is 1.96. The maximum Gasteiger partial charge on any atom is 0.166 e. The van der Waals surface area contributed by atoms with Crippen LogP contribution in [0.15, 0.2) is 36.4 Å². The lowest BCUT2D eigenvalue weighted by atomic mass is 10.0. The van der Waals surface area contributed by atoms with Gasteiger partial charge >= 0.3 is 0 Å². The monoisotopic (exact) mass is 286 g/mol. The van der Waals surface area contributed by atoms with Crippen LogP contribution in [0.4, 0.5) is 4.39 Å². The summed E-state index contributed by atoms with van der Waals surface area (Å²) in [5, 5.41) is 7.30. The third-order valence-corrected chi connectivity index (χ3v) is 3.34. The van der Waals surface area contributed by atoms with Crippen LogP contribution < -0.4 is 10.5 Å². The molecule has 0 aliphatic rings. The maximum atomic E-state index is 14.0. The average Bonchev–Trinajstić information content (AvgIpc) is 2.42. The fourth-order valence-electron chi connectivity index (χ4n) is 1.96. The number of halogens is 1. The zero-order valence-electron chi connectivity index (χ0n) is 12.4. The molecule has 2 rings (SSSR count). The van der Waals surface area contributed by atoms with E-state index in [0.717, 1.165) is 11.1 Å². The summed E-state index contributed by atoms with van der Waals surface area (Å²) in [6.07, 6.45) is 0. The Labute approximate surface area is 124 Å². The molecule has 0 aliphatic carbocycles. The van der Waals surface area contributed by atoms with Crippen LogP contribution in [0.25, 0.3) is 0 Å². The molecule has 3 nitrogen and oxygen atoms in total. The van der Waals surface area contributed by atoms with Crippen LogP contribution in [0, 0.1) is 18.2 Å². The van der Waals surface area contributed by atoms with Gasteiger partial charge in [-0.3, -0.25) is 5.41 Å². The zero-order chi connectivity index (χ0) is 15.6. The van der Waals surface area contributed by atoms with E-state index in [9.17, 15) is 4.39 Å². The minimum atomic E-state index is -0.531. The van der Waals surface area contributed by atoms with Crippen molar-refractivity contribution in [1.82, 2.24) is 0 Å². The lowest BCUT2D eigenvalue weighted by Gasteiger charge is -2.13. The third-order valence-electron chi connectivity index (χ3n) is 3.34. The Hall–Kier alpha value is -2.36. The number of ether oxygens (including phenoxy) is 1. The van der Waals surface area contributed by atoms with Crippen molar-refractivity contribution < 1.29 is 9.13 Å². The van der Waals surface area contributed by atoms with Gasteiger partial charge in [0, 0.05) is 5.56 Å². The van der Waals surface area contributed by atoms with Gasteiger partial charge in [0.15, 0.2) is 11.6 Å². The Morgan fingerprint density at radius 2 is 1.86 bits per heavy atom. The number of nitrogen functional groups attached to an aromatic ring is 1. The van der Waals surface area contributed by atoms with E-state index in [1.54, 1.807) is 6.07 Å². The molecule has 0 spiro atoms. The second kappa shape index (κ2) is 5.95. The summed E-state index contributed by atoms with van der Waals surface area (Å²) in [7, 11) is 0. The molecule has 0 aliphatic heterocycles. The summed E-state index contributed by atoms with van der Waals surface area (Å²) in [5.74, 6) is 0.438. The highest BCUT2D eigenvalue weighted by molar-refractivity contribution is 5.95. The molecular weight excluding hydrogens is 267 g/mol. The molecule has 0 unspecified atom stereocenters. The van der Waals surface area contributed by atoms with Gasteiger partial charge in [0.05, 0.1) is 0 Å². The van der Waals surface area contributed by atoms with Gasteiger partial charge in [-0.2, -0.15) is 0 Å². The molecule has 0 fully saturated rings. The molecule has 21 heavy (non-hydrogen) atoms. The first-order valence-electron chi connectivity index (χ1n) is 6.81. The number of amidine groups is 1. The lowest BCUT2D eigenvalue weighted by molar-refractivity contribution is 0.439. The van der Waals surface area contributed by atoms with E-state index in [4.69, 9.17) is 15.9 Å². The molecule has 110 valence electrons. The number of aryl methyl sites for hydroxylation is 1. The number of rotatable bonds is 4. The van der Waals surface area contributed by atoms with Crippen molar-refractivity contribution in [2.45, 2.75) is 26.7 Å². The topological polar surface area (TPSA) is 59.1 Å². The highest BCUT2D eigenvalue weighted by atomic mass is 19.1. The molecule has 2 aromatic carbocycles. The van der Waals surface area contributed by atoms with Crippen LogP contribution in [0.2, 0.25) is 0 Å². The van der Waals surface area contributed by atoms with E-state index < -0.39 is 5.82 Å². The van der Waals surface area contributed by atoms with Gasteiger partial charge in [-0.1, -0.05) is 26.0 Å². The van der Waals surface area contributed by atoms with Crippen LogP contribution >= 0.6 is 0 Å². The van der Waals surface area contributed by atoms with E-state index in [1.165, 1.54) is 12.1 Å². The van der Waals surface area contributed by atoms with E-state index >= 15 is 0 Å². The summed E-state index contributed by atoms with van der Waals surface area (Å²) in [6, 6.07) is 10.2. The van der Waals surface area contributed by atoms with Crippen molar-refractivity contribution in [3.8, 4) is 11.5 Å². The standard InChI is InChI=1S/C17H19FN2O/c1-10(2)12-5-4-11(3)16(9-12)21-15-7-6-13(17(19)20)8-14(15)18/h4-10H,1-3H3,(H3,19,20). The van der Waals surface area contributed by atoms with E-state index in [-0.39, 0.29) is 11.6 Å². The Balaban J connectivity index is 2.34. The Morgan fingerprint density at radius 1 is 1.14 bits per heavy atom. The summed E-state index contributed by atoms with van der Waals surface area (Å²) < 4.78 is 19.7. The normalized spacial score (nSPS) is 10.7. The summed E-state index contributed by atoms with van der Waals surface area (Å²) in [4.78, 5) is 0. The first kappa shape index (κ1) is 15.0. The fraction of sp³-hybridized carbons (Fsp3) is 0.235. The van der Waals surface area contributed by atoms with Crippen molar-refractivity contribution in [1.29, 1.82) is 5.41 Å². The van der Waals surface area contributed by atoms with Gasteiger partial charge in [0.25, 0.3) is 0 Å². The van der Waals surface area contributed by atoms with Crippen LogP contribution in [-0.2, 0) is 0 Å². The lowest BCUT2D eigenvalue weighted by Crippen LogP contribution is -2.11. The van der Waals surface area contributed by atoms with Gasteiger partial charge in [0.2, 0.25) is 0 Å². The quantitative estimate of drug-likeness (QED) is 0.649. The summed E-state index contributed by atoms with van der Waals surface area (Å²) in [6.45, 7) is 6.11. The first-order valence-corrected chi connectivity index (χ1v) is 6.81. The van der Waals surface area contributed by atoms with Crippen LogP contribution in [-0.4, -0.2) is 5.84 Å². The van der Waals surface area contributed by atoms with Crippen molar-refractivity contribution in [3.63, 3.8) is 0 Å². The average molecular weight is 286 g/mol. The predicted molar refractivity (Wildman–Crippen MR) is 82.8 cm³/mol. The van der Waals surface area contributed by atoms with E-state index in [2.05, 4.69) is 13.8 Å². The molecule has 3 N–H and O–H groups in total. The van der Waals surface area contributed by atoms with Gasteiger partial charge in [-0.15, -0.1) is 0 Å². The molecule has 0 radical (unpaired) electrons. The Morgan fingerprint density at radius 3 is 2.43 bits per heavy atom. The Bertz CT molecular complexity index is 680. The maximum absolute atomic E-state index is 14.0. The SMILES string of the molecule is Cc1ccc(C(C)C)cc1Oc1ccc(C(=N)N)cc1F. The highest BCUT2D eigenvalue weighted by Gasteiger charge is 2.10. The second-order valence-corrected chi connectivity index (χ2v) is 5.34. The van der Waals surface area contributed by atoms with Crippen LogP contribution in [0.1, 0.15) is 36.5 Å². The second-order valence-electron chi connectivity index (χ2n) is 5.34. The van der Waals surface area contributed by atoms with E-state index in [0.29, 0.717) is 17.2 Å². The number of benzene rings is 2. The van der Waals surface area contributed by atoms with Gasteiger partial charge in [-0.25, -0.2) is 4.39 Å². The Kier molecular flexibility index (Phi) is 4.26. The molecular formula is C17H19FN2O. The molecule has 0 amide bonds. The number of nitrogens with two attached hydrogens (primary N) is 1. The minimum absolute atomic E-state index is 0.129. The van der Waals surface area contributed by atoms with Crippen molar-refractivity contribution in [2.75, 3.05) is 0 Å². The van der Waals surface area contributed by atoms with Crippen LogP contribution in [0.5, 0.6) is 11.5 Å². The highest BCUT2D eigenvalue weighted by Crippen LogP contribution is 2.30. The molecule has 0 aromatic heterocycles. The molecule has 4 heteroatoms. The van der Waals surface area contributed by atoms with Gasteiger partial charge < -0.3 is 10.5 Å². The van der Waals surface area contributed by atoms with Crippen LogP contribution in [0.3, 0.4) is 0 Å². The van der Waals surface area contributed by atoms with Crippen molar-refractivity contribution >= 4 is 5.84 Å². The number of nitrogens with one attached hydrogen (secondary N) is 1. The molecule has 0 atom stereocenters. The van der Waals surface area contributed by atoms with Gasteiger partial charge in [0.1, 0.15) is 11.6 Å². The molecule has 0 heterocycles. The minimum Gasteiger partial charge on any atom is -0.454 e. The van der Waals surface area contributed by atoms with E-state index in [1.807, 2.05) is 25.1 Å².